The van der Waals surface area contributed by atoms with Crippen LogP contribution in [0.5, 0.6) is 0 Å². The third kappa shape index (κ3) is 6.20. The van der Waals surface area contributed by atoms with Gasteiger partial charge in [0.05, 0.1) is 10.6 Å². The SMILES string of the molecule is O=C(NC1CCN(CC2CCCCC2)CC1)c1ccc(CS(=O)(=O)c2ccccc2)cc1. The van der Waals surface area contributed by atoms with Crippen molar-refractivity contribution in [3.8, 4) is 0 Å². The zero-order chi connectivity index (χ0) is 22.4. The van der Waals surface area contributed by atoms with E-state index in [-0.39, 0.29) is 17.7 Å². The van der Waals surface area contributed by atoms with Crippen LogP contribution >= 0.6 is 0 Å². The van der Waals surface area contributed by atoms with Gasteiger partial charge in [-0.2, -0.15) is 0 Å². The van der Waals surface area contributed by atoms with E-state index in [0.717, 1.165) is 31.8 Å². The van der Waals surface area contributed by atoms with Crippen LogP contribution in [0.4, 0.5) is 0 Å². The highest BCUT2D eigenvalue weighted by atomic mass is 32.2. The molecule has 32 heavy (non-hydrogen) atoms. The molecular weight excluding hydrogens is 420 g/mol. The largest absolute Gasteiger partial charge is 0.349 e. The van der Waals surface area contributed by atoms with Gasteiger partial charge in [0, 0.05) is 31.2 Å². The molecule has 5 nitrogen and oxygen atoms in total. The van der Waals surface area contributed by atoms with Gasteiger partial charge in [-0.05, 0) is 61.4 Å². The van der Waals surface area contributed by atoms with E-state index in [1.807, 2.05) is 0 Å². The molecule has 2 aromatic rings. The molecule has 0 unspecified atom stereocenters. The Bertz CT molecular complexity index is 975. The number of carbonyl (C=O) groups is 1. The number of nitrogens with zero attached hydrogens (tertiary/aromatic N) is 1. The van der Waals surface area contributed by atoms with E-state index in [0.29, 0.717) is 16.0 Å². The van der Waals surface area contributed by atoms with Crippen molar-refractivity contribution in [1.82, 2.24) is 10.2 Å². The van der Waals surface area contributed by atoms with E-state index in [9.17, 15) is 13.2 Å². The molecule has 2 aromatic carbocycles. The van der Waals surface area contributed by atoms with Gasteiger partial charge in [-0.15, -0.1) is 0 Å². The van der Waals surface area contributed by atoms with Gasteiger partial charge in [-0.1, -0.05) is 49.6 Å². The maximum Gasteiger partial charge on any atom is 0.251 e. The fourth-order valence-corrected chi connectivity index (χ4v) is 6.32. The minimum atomic E-state index is -3.39. The van der Waals surface area contributed by atoms with E-state index in [4.69, 9.17) is 0 Å². The first-order chi connectivity index (χ1) is 15.5. The maximum absolute atomic E-state index is 12.7. The van der Waals surface area contributed by atoms with Crippen molar-refractivity contribution in [2.45, 2.75) is 61.6 Å². The zero-order valence-corrected chi connectivity index (χ0v) is 19.5. The molecule has 1 heterocycles. The molecule has 4 rings (SSSR count). The number of hydrogen-bond acceptors (Lipinski definition) is 4. The number of benzene rings is 2. The minimum absolute atomic E-state index is 0.0711. The Labute approximate surface area is 192 Å². The Morgan fingerprint density at radius 3 is 2.19 bits per heavy atom. The second kappa shape index (κ2) is 10.6. The predicted molar refractivity (Wildman–Crippen MR) is 127 cm³/mol. The van der Waals surface area contributed by atoms with Crippen molar-refractivity contribution < 1.29 is 13.2 Å². The Morgan fingerprint density at radius 2 is 1.53 bits per heavy atom. The zero-order valence-electron chi connectivity index (χ0n) is 18.7. The van der Waals surface area contributed by atoms with Crippen LogP contribution in [0.15, 0.2) is 59.5 Å². The lowest BCUT2D eigenvalue weighted by molar-refractivity contribution is 0.0901. The lowest BCUT2D eigenvalue weighted by Crippen LogP contribution is -2.45. The second-order valence-electron chi connectivity index (χ2n) is 9.32. The Hall–Kier alpha value is -2.18. The fraction of sp³-hybridized carbons (Fsp3) is 0.500. The van der Waals surface area contributed by atoms with Crippen LogP contribution < -0.4 is 5.32 Å². The highest BCUT2D eigenvalue weighted by Crippen LogP contribution is 2.25. The van der Waals surface area contributed by atoms with Crippen LogP contribution in [0.3, 0.4) is 0 Å². The van der Waals surface area contributed by atoms with Crippen molar-refractivity contribution in [1.29, 1.82) is 0 Å². The monoisotopic (exact) mass is 454 g/mol. The summed E-state index contributed by atoms with van der Waals surface area (Å²) in [6.07, 6.45) is 8.90. The molecule has 1 saturated heterocycles. The lowest BCUT2D eigenvalue weighted by Gasteiger charge is -2.35. The molecule has 1 aliphatic heterocycles. The lowest BCUT2D eigenvalue weighted by atomic mass is 9.88. The first kappa shape index (κ1) is 23.0. The maximum atomic E-state index is 12.7. The number of sulfone groups is 1. The second-order valence-corrected chi connectivity index (χ2v) is 11.3. The van der Waals surface area contributed by atoms with Gasteiger partial charge in [0.25, 0.3) is 5.91 Å². The summed E-state index contributed by atoms with van der Waals surface area (Å²) in [5.74, 6) is 0.713. The number of piperidine rings is 1. The highest BCUT2D eigenvalue weighted by Gasteiger charge is 2.24. The number of carbonyl (C=O) groups excluding carboxylic acids is 1. The Balaban J connectivity index is 1.25. The third-order valence-corrected chi connectivity index (χ3v) is 8.54. The van der Waals surface area contributed by atoms with Gasteiger partial charge in [0.1, 0.15) is 0 Å². The fourth-order valence-electron chi connectivity index (χ4n) is 4.95. The van der Waals surface area contributed by atoms with E-state index in [1.165, 1.54) is 38.6 Å². The smallest absolute Gasteiger partial charge is 0.251 e. The van der Waals surface area contributed by atoms with Gasteiger partial charge in [-0.25, -0.2) is 8.42 Å². The van der Waals surface area contributed by atoms with Crippen molar-refractivity contribution in [2.24, 2.45) is 5.92 Å². The van der Waals surface area contributed by atoms with Crippen molar-refractivity contribution >= 4 is 15.7 Å². The van der Waals surface area contributed by atoms with Crippen molar-refractivity contribution in [2.75, 3.05) is 19.6 Å². The predicted octanol–water partition coefficient (Wildman–Crippen LogP) is 4.44. The summed E-state index contributed by atoms with van der Waals surface area (Å²) >= 11 is 0. The van der Waals surface area contributed by atoms with Gasteiger partial charge < -0.3 is 10.2 Å². The summed E-state index contributed by atoms with van der Waals surface area (Å²) in [5, 5.41) is 3.17. The Kier molecular flexibility index (Phi) is 7.63. The minimum Gasteiger partial charge on any atom is -0.349 e. The van der Waals surface area contributed by atoms with E-state index < -0.39 is 9.84 Å². The van der Waals surface area contributed by atoms with Crippen molar-refractivity contribution in [3.05, 3.63) is 65.7 Å². The van der Waals surface area contributed by atoms with Crippen LogP contribution in [-0.4, -0.2) is 44.9 Å². The molecule has 0 bridgehead atoms. The molecule has 6 heteroatoms. The number of rotatable bonds is 7. The quantitative estimate of drug-likeness (QED) is 0.672. The normalized spacial score (nSPS) is 19.0. The van der Waals surface area contributed by atoms with Crippen LogP contribution in [0.2, 0.25) is 0 Å². The summed E-state index contributed by atoms with van der Waals surface area (Å²) in [6.45, 7) is 3.32. The van der Waals surface area contributed by atoms with Crippen LogP contribution in [-0.2, 0) is 15.6 Å². The molecule has 0 spiro atoms. The molecule has 2 fully saturated rings. The summed E-state index contributed by atoms with van der Waals surface area (Å²) in [7, 11) is -3.39. The van der Waals surface area contributed by atoms with Gasteiger partial charge in [-0.3, -0.25) is 4.79 Å². The number of amides is 1. The van der Waals surface area contributed by atoms with E-state index in [1.54, 1.807) is 54.6 Å². The average Bonchev–Trinajstić information content (AvgIpc) is 2.82. The molecular formula is C26H34N2O3S. The number of likely N-dealkylation sites (tertiary alicyclic amines) is 1. The molecule has 2 aliphatic rings. The molecule has 1 saturated carbocycles. The van der Waals surface area contributed by atoms with Crippen LogP contribution in [0.1, 0.15) is 60.9 Å². The van der Waals surface area contributed by atoms with Crippen LogP contribution in [0, 0.1) is 5.92 Å². The van der Waals surface area contributed by atoms with E-state index >= 15 is 0 Å². The molecule has 0 atom stereocenters. The number of hydrogen-bond donors (Lipinski definition) is 1. The first-order valence-corrected chi connectivity index (χ1v) is 13.5. The topological polar surface area (TPSA) is 66.5 Å². The van der Waals surface area contributed by atoms with E-state index in [2.05, 4.69) is 10.2 Å². The highest BCUT2D eigenvalue weighted by molar-refractivity contribution is 7.90. The van der Waals surface area contributed by atoms with Crippen molar-refractivity contribution in [3.63, 3.8) is 0 Å². The number of nitrogens with one attached hydrogen (secondary N) is 1. The summed E-state index contributed by atoms with van der Waals surface area (Å²) in [5.41, 5.74) is 1.26. The van der Waals surface area contributed by atoms with Crippen LogP contribution in [0.25, 0.3) is 0 Å². The molecule has 1 aliphatic carbocycles. The summed E-state index contributed by atoms with van der Waals surface area (Å²) in [4.78, 5) is 15.6. The Morgan fingerprint density at radius 1 is 0.875 bits per heavy atom. The first-order valence-electron chi connectivity index (χ1n) is 11.9. The third-order valence-electron chi connectivity index (χ3n) is 6.84. The molecule has 1 N–H and O–H groups in total. The van der Waals surface area contributed by atoms with Gasteiger partial charge in [0.15, 0.2) is 9.84 Å². The van der Waals surface area contributed by atoms with Gasteiger partial charge in [0.2, 0.25) is 0 Å². The molecule has 172 valence electrons. The molecule has 0 aromatic heterocycles. The standard InChI is InChI=1S/C26H34N2O3S/c29-26(27-24-15-17-28(18-16-24)19-21-7-3-1-4-8-21)23-13-11-22(12-14-23)20-32(30,31)25-9-5-2-6-10-25/h2,5-6,9-14,21,24H,1,3-4,7-8,15-20H2,(H,27,29). The molecule has 0 radical (unpaired) electrons. The average molecular weight is 455 g/mol. The summed E-state index contributed by atoms with van der Waals surface area (Å²) < 4.78 is 25.1. The molecule has 1 amide bonds. The van der Waals surface area contributed by atoms with Gasteiger partial charge >= 0.3 is 0 Å². The summed E-state index contributed by atoms with van der Waals surface area (Å²) in [6, 6.07) is 15.6.